The Bertz CT molecular complexity index is 754. The largest absolute Gasteiger partial charge is 0.480 e. The number of rotatable bonds is 4. The molecule has 126 valence electrons. The van der Waals surface area contributed by atoms with Gasteiger partial charge in [0.1, 0.15) is 11.4 Å². The predicted molar refractivity (Wildman–Crippen MR) is 87.9 cm³/mol. The fourth-order valence-corrected chi connectivity index (χ4v) is 3.77. The predicted octanol–water partition coefficient (Wildman–Crippen LogP) is 2.09. The summed E-state index contributed by atoms with van der Waals surface area (Å²) < 4.78 is 14.4. The van der Waals surface area contributed by atoms with Crippen molar-refractivity contribution in [2.45, 2.75) is 18.4 Å². The van der Waals surface area contributed by atoms with Crippen LogP contribution < -0.4 is 5.32 Å². The van der Waals surface area contributed by atoms with E-state index in [1.807, 2.05) is 0 Å². The SMILES string of the molecule is O=C(NC1(C(=O)O)CCSCC1)c1ccn(-c2ccc(F)cc2)n1. The number of nitrogens with zero attached hydrogens (tertiary/aromatic N) is 2. The van der Waals surface area contributed by atoms with Gasteiger partial charge in [0, 0.05) is 6.20 Å². The van der Waals surface area contributed by atoms with Gasteiger partial charge in [0.25, 0.3) is 5.91 Å². The third-order valence-electron chi connectivity index (χ3n) is 4.02. The molecule has 0 bridgehead atoms. The van der Waals surface area contributed by atoms with E-state index in [2.05, 4.69) is 10.4 Å². The lowest BCUT2D eigenvalue weighted by molar-refractivity contribution is -0.144. The van der Waals surface area contributed by atoms with Crippen LogP contribution in [-0.2, 0) is 4.79 Å². The molecule has 6 nitrogen and oxygen atoms in total. The lowest BCUT2D eigenvalue weighted by atomic mass is 9.92. The van der Waals surface area contributed by atoms with Crippen LogP contribution >= 0.6 is 11.8 Å². The molecule has 3 rings (SSSR count). The van der Waals surface area contributed by atoms with Gasteiger partial charge in [0.15, 0.2) is 5.69 Å². The standard InChI is InChI=1S/C16H16FN3O3S/c17-11-1-3-12(4-2-11)20-8-5-13(19-20)14(21)18-16(15(22)23)6-9-24-10-7-16/h1-5,8H,6-7,9-10H2,(H,18,21)(H,22,23). The number of benzene rings is 1. The second-order valence-corrected chi connectivity index (χ2v) is 6.80. The number of carboxylic acid groups (broad SMARTS) is 1. The molecule has 0 unspecified atom stereocenters. The summed E-state index contributed by atoms with van der Waals surface area (Å²) in [7, 11) is 0. The first kappa shape index (κ1) is 16.5. The molecule has 0 spiro atoms. The van der Waals surface area contributed by atoms with E-state index in [4.69, 9.17) is 0 Å². The molecule has 1 aliphatic heterocycles. The summed E-state index contributed by atoms with van der Waals surface area (Å²) in [6, 6.07) is 7.19. The van der Waals surface area contributed by atoms with Crippen LogP contribution in [0.15, 0.2) is 36.5 Å². The molecule has 24 heavy (non-hydrogen) atoms. The van der Waals surface area contributed by atoms with E-state index in [1.165, 1.54) is 22.9 Å². The zero-order chi connectivity index (χ0) is 17.2. The highest BCUT2D eigenvalue weighted by Gasteiger charge is 2.41. The molecule has 2 heterocycles. The second-order valence-electron chi connectivity index (χ2n) is 5.58. The van der Waals surface area contributed by atoms with E-state index in [9.17, 15) is 19.1 Å². The Morgan fingerprint density at radius 2 is 1.88 bits per heavy atom. The molecule has 0 atom stereocenters. The summed E-state index contributed by atoms with van der Waals surface area (Å²) in [6.45, 7) is 0. The highest BCUT2D eigenvalue weighted by atomic mass is 32.2. The number of aliphatic carboxylic acids is 1. The van der Waals surface area contributed by atoms with Crippen molar-refractivity contribution in [2.75, 3.05) is 11.5 Å². The number of carboxylic acids is 1. The molecule has 2 N–H and O–H groups in total. The average Bonchev–Trinajstić information content (AvgIpc) is 3.06. The number of hydrogen-bond acceptors (Lipinski definition) is 4. The number of amides is 1. The van der Waals surface area contributed by atoms with Gasteiger partial charge in [-0.05, 0) is 54.7 Å². The van der Waals surface area contributed by atoms with Gasteiger partial charge >= 0.3 is 5.97 Å². The van der Waals surface area contributed by atoms with Crippen LogP contribution in [0.4, 0.5) is 4.39 Å². The lowest BCUT2D eigenvalue weighted by Crippen LogP contribution is -2.56. The quantitative estimate of drug-likeness (QED) is 0.883. The van der Waals surface area contributed by atoms with Crippen molar-refractivity contribution in [3.63, 3.8) is 0 Å². The Hall–Kier alpha value is -2.35. The van der Waals surface area contributed by atoms with Crippen molar-refractivity contribution >= 4 is 23.6 Å². The first-order chi connectivity index (χ1) is 11.5. The van der Waals surface area contributed by atoms with Crippen LogP contribution in [0.25, 0.3) is 5.69 Å². The first-order valence-corrected chi connectivity index (χ1v) is 8.61. The van der Waals surface area contributed by atoms with Crippen LogP contribution in [0.5, 0.6) is 0 Å². The molecule has 2 aromatic rings. The normalized spacial score (nSPS) is 16.5. The Morgan fingerprint density at radius 3 is 2.50 bits per heavy atom. The number of nitrogens with one attached hydrogen (secondary N) is 1. The number of carbonyl (C=O) groups excluding carboxylic acids is 1. The molecule has 1 amide bonds. The van der Waals surface area contributed by atoms with Crippen molar-refractivity contribution in [1.82, 2.24) is 15.1 Å². The lowest BCUT2D eigenvalue weighted by Gasteiger charge is -2.33. The average molecular weight is 349 g/mol. The summed E-state index contributed by atoms with van der Waals surface area (Å²) in [5.41, 5.74) is -0.502. The zero-order valence-electron chi connectivity index (χ0n) is 12.7. The maximum atomic E-state index is 13.0. The minimum atomic E-state index is -1.23. The Labute approximate surface area is 142 Å². The van der Waals surface area contributed by atoms with Crippen molar-refractivity contribution in [3.8, 4) is 5.69 Å². The molecule has 1 fully saturated rings. The Morgan fingerprint density at radius 1 is 1.21 bits per heavy atom. The molecule has 1 aromatic carbocycles. The van der Waals surface area contributed by atoms with Gasteiger partial charge in [0.05, 0.1) is 5.69 Å². The summed E-state index contributed by atoms with van der Waals surface area (Å²) >= 11 is 1.68. The topological polar surface area (TPSA) is 84.2 Å². The third kappa shape index (κ3) is 3.28. The first-order valence-electron chi connectivity index (χ1n) is 7.45. The summed E-state index contributed by atoms with van der Waals surface area (Å²) in [4.78, 5) is 24.0. The highest BCUT2D eigenvalue weighted by Crippen LogP contribution is 2.27. The van der Waals surface area contributed by atoms with Crippen molar-refractivity contribution in [2.24, 2.45) is 0 Å². The van der Waals surface area contributed by atoms with Gasteiger partial charge in [-0.3, -0.25) is 4.79 Å². The van der Waals surface area contributed by atoms with Crippen LogP contribution in [0.1, 0.15) is 23.3 Å². The van der Waals surface area contributed by atoms with Crippen molar-refractivity contribution in [1.29, 1.82) is 0 Å². The summed E-state index contributed by atoms with van der Waals surface area (Å²) in [5, 5.41) is 16.3. The number of carbonyl (C=O) groups is 2. The Balaban J connectivity index is 1.78. The van der Waals surface area contributed by atoms with E-state index in [0.29, 0.717) is 30.0 Å². The monoisotopic (exact) mass is 349 g/mol. The molecule has 0 saturated carbocycles. The van der Waals surface area contributed by atoms with Crippen LogP contribution in [0, 0.1) is 5.82 Å². The van der Waals surface area contributed by atoms with E-state index in [-0.39, 0.29) is 11.5 Å². The zero-order valence-corrected chi connectivity index (χ0v) is 13.6. The third-order valence-corrected chi connectivity index (χ3v) is 5.01. The maximum Gasteiger partial charge on any atom is 0.329 e. The number of halogens is 1. The molecule has 1 aliphatic rings. The minimum Gasteiger partial charge on any atom is -0.480 e. The van der Waals surface area contributed by atoms with Crippen molar-refractivity contribution < 1.29 is 19.1 Å². The van der Waals surface area contributed by atoms with Crippen LogP contribution in [-0.4, -0.2) is 43.8 Å². The summed E-state index contributed by atoms with van der Waals surface area (Å²) in [6.07, 6.45) is 2.35. The molecule has 0 aliphatic carbocycles. The number of thioether (sulfide) groups is 1. The van der Waals surface area contributed by atoms with Crippen LogP contribution in [0.2, 0.25) is 0 Å². The molecule has 1 saturated heterocycles. The fourth-order valence-electron chi connectivity index (χ4n) is 2.58. The molecular formula is C16H16FN3O3S. The fraction of sp³-hybridized carbons (Fsp3) is 0.312. The summed E-state index contributed by atoms with van der Waals surface area (Å²) in [5.74, 6) is -0.519. The van der Waals surface area contributed by atoms with Gasteiger partial charge in [0.2, 0.25) is 0 Å². The van der Waals surface area contributed by atoms with Crippen LogP contribution in [0.3, 0.4) is 0 Å². The smallest absolute Gasteiger partial charge is 0.329 e. The molecule has 0 radical (unpaired) electrons. The van der Waals surface area contributed by atoms with Gasteiger partial charge in [-0.15, -0.1) is 0 Å². The molecule has 1 aromatic heterocycles. The molecule has 8 heteroatoms. The van der Waals surface area contributed by atoms with E-state index < -0.39 is 17.4 Å². The minimum absolute atomic E-state index is 0.123. The van der Waals surface area contributed by atoms with E-state index in [0.717, 1.165) is 0 Å². The van der Waals surface area contributed by atoms with Gasteiger partial charge in [-0.25, -0.2) is 13.9 Å². The highest BCUT2D eigenvalue weighted by molar-refractivity contribution is 7.99. The number of hydrogen-bond donors (Lipinski definition) is 2. The van der Waals surface area contributed by atoms with Crippen molar-refractivity contribution in [3.05, 3.63) is 48.0 Å². The van der Waals surface area contributed by atoms with Gasteiger partial charge in [-0.2, -0.15) is 16.9 Å². The molecular weight excluding hydrogens is 333 g/mol. The number of aromatic nitrogens is 2. The second kappa shape index (κ2) is 6.64. The van der Waals surface area contributed by atoms with Gasteiger partial charge in [-0.1, -0.05) is 0 Å². The van der Waals surface area contributed by atoms with Gasteiger partial charge < -0.3 is 10.4 Å². The van der Waals surface area contributed by atoms with E-state index in [1.54, 1.807) is 30.1 Å². The van der Waals surface area contributed by atoms with E-state index >= 15 is 0 Å². The Kier molecular flexibility index (Phi) is 4.57. The maximum absolute atomic E-state index is 13.0.